The summed E-state index contributed by atoms with van der Waals surface area (Å²) in [5.41, 5.74) is 3.31. The van der Waals surface area contributed by atoms with Crippen LogP contribution in [-0.2, 0) is 4.79 Å². The molecule has 2 amide bonds. The van der Waals surface area contributed by atoms with E-state index in [-0.39, 0.29) is 17.9 Å². The van der Waals surface area contributed by atoms with Crippen LogP contribution >= 0.6 is 23.4 Å². The molecule has 0 N–H and O–H groups in total. The summed E-state index contributed by atoms with van der Waals surface area (Å²) in [4.78, 5) is 29.4. The van der Waals surface area contributed by atoms with Gasteiger partial charge in [0.25, 0.3) is 5.91 Å². The number of piperazine rings is 1. The second kappa shape index (κ2) is 12.9. The van der Waals surface area contributed by atoms with E-state index in [1.165, 1.54) is 18.2 Å². The highest BCUT2D eigenvalue weighted by atomic mass is 35.5. The van der Waals surface area contributed by atoms with Crippen molar-refractivity contribution in [2.75, 3.05) is 25.4 Å². The van der Waals surface area contributed by atoms with Gasteiger partial charge in [-0.25, -0.2) is 4.39 Å². The Morgan fingerprint density at radius 2 is 1.80 bits per heavy atom. The van der Waals surface area contributed by atoms with Crippen molar-refractivity contribution in [3.05, 3.63) is 94.8 Å². The maximum Gasteiger partial charge on any atom is 0.254 e. The molecule has 4 aromatic rings. The Kier molecular flexibility index (Phi) is 9.05. The van der Waals surface area contributed by atoms with Gasteiger partial charge in [0.05, 0.1) is 5.69 Å². The lowest BCUT2D eigenvalue weighted by atomic mass is 10.1. The standard InChI is InChI=1S/C31H31ClFN5O2S/c1-21-11-13-23(14-12-21)29-34-35-31(38(29)27-9-4-7-25(32)19-27)41-17-5-10-28(39)36-15-16-37(22(2)20-36)30(40)24-6-3-8-26(33)18-24/h3-4,6-9,11-14,18-19,22H,5,10,15-17,20H2,1-2H3. The zero-order chi connectivity index (χ0) is 28.9. The summed E-state index contributed by atoms with van der Waals surface area (Å²) in [6, 6.07) is 21.3. The first-order valence-corrected chi connectivity index (χ1v) is 14.9. The summed E-state index contributed by atoms with van der Waals surface area (Å²) in [6.45, 7) is 5.29. The number of thioether (sulfide) groups is 1. The lowest BCUT2D eigenvalue weighted by molar-refractivity contribution is -0.133. The molecule has 0 saturated carbocycles. The molecule has 0 bridgehead atoms. The van der Waals surface area contributed by atoms with Crippen LogP contribution in [0.5, 0.6) is 0 Å². The van der Waals surface area contributed by atoms with Gasteiger partial charge in [0.15, 0.2) is 11.0 Å². The van der Waals surface area contributed by atoms with E-state index in [4.69, 9.17) is 11.6 Å². The number of amides is 2. The van der Waals surface area contributed by atoms with Crippen LogP contribution in [0.4, 0.5) is 4.39 Å². The smallest absolute Gasteiger partial charge is 0.254 e. The molecular formula is C31H31ClFN5O2S. The number of aromatic nitrogens is 3. The van der Waals surface area contributed by atoms with Gasteiger partial charge in [0.2, 0.25) is 5.91 Å². The molecule has 2 heterocycles. The minimum absolute atomic E-state index is 0.0620. The molecule has 41 heavy (non-hydrogen) atoms. The van der Waals surface area contributed by atoms with Gasteiger partial charge < -0.3 is 9.80 Å². The van der Waals surface area contributed by atoms with Crippen LogP contribution in [0.2, 0.25) is 5.02 Å². The average Bonchev–Trinajstić information content (AvgIpc) is 3.39. The third kappa shape index (κ3) is 6.80. The van der Waals surface area contributed by atoms with Gasteiger partial charge in [0.1, 0.15) is 5.82 Å². The van der Waals surface area contributed by atoms with Crippen LogP contribution in [0.3, 0.4) is 0 Å². The van der Waals surface area contributed by atoms with Crippen LogP contribution in [-0.4, -0.2) is 67.8 Å². The summed E-state index contributed by atoms with van der Waals surface area (Å²) in [5, 5.41) is 10.3. The van der Waals surface area contributed by atoms with Crippen LogP contribution < -0.4 is 0 Å². The molecule has 1 saturated heterocycles. The summed E-state index contributed by atoms with van der Waals surface area (Å²) >= 11 is 7.85. The molecule has 5 rings (SSSR count). The van der Waals surface area contributed by atoms with Crippen LogP contribution in [0.1, 0.15) is 35.7 Å². The van der Waals surface area contributed by atoms with Crippen molar-refractivity contribution in [1.82, 2.24) is 24.6 Å². The number of benzene rings is 3. The Labute approximate surface area is 248 Å². The highest BCUT2D eigenvalue weighted by Crippen LogP contribution is 2.30. The summed E-state index contributed by atoms with van der Waals surface area (Å²) in [6.07, 6.45) is 1.07. The lowest BCUT2D eigenvalue weighted by Gasteiger charge is -2.40. The van der Waals surface area contributed by atoms with Crippen molar-refractivity contribution < 1.29 is 14.0 Å². The molecule has 3 aromatic carbocycles. The SMILES string of the molecule is Cc1ccc(-c2nnc(SCCCC(=O)N3CCN(C(=O)c4cccc(F)c4)C(C)C3)n2-c2cccc(Cl)c2)cc1. The van der Waals surface area contributed by atoms with Gasteiger partial charge in [-0.2, -0.15) is 0 Å². The first-order chi connectivity index (χ1) is 19.8. The van der Waals surface area contributed by atoms with Crippen molar-refractivity contribution >= 4 is 35.2 Å². The number of hydrogen-bond donors (Lipinski definition) is 0. The van der Waals surface area contributed by atoms with E-state index in [0.29, 0.717) is 48.8 Å². The number of carbonyl (C=O) groups is 2. The minimum Gasteiger partial charge on any atom is -0.339 e. The van der Waals surface area contributed by atoms with Crippen molar-refractivity contribution in [3.8, 4) is 17.1 Å². The fourth-order valence-corrected chi connectivity index (χ4v) is 5.99. The predicted octanol–water partition coefficient (Wildman–Crippen LogP) is 6.28. The summed E-state index contributed by atoms with van der Waals surface area (Å²) in [5.74, 6) is 0.825. The number of nitrogens with zero attached hydrogens (tertiary/aromatic N) is 5. The third-order valence-electron chi connectivity index (χ3n) is 7.09. The van der Waals surface area contributed by atoms with Gasteiger partial charge in [-0.1, -0.05) is 65.3 Å². The van der Waals surface area contributed by atoms with E-state index in [1.807, 2.05) is 71.8 Å². The second-order valence-electron chi connectivity index (χ2n) is 10.1. The van der Waals surface area contributed by atoms with Crippen LogP contribution in [0.15, 0.2) is 78.0 Å². The zero-order valence-corrected chi connectivity index (χ0v) is 24.5. The van der Waals surface area contributed by atoms with E-state index in [1.54, 1.807) is 22.7 Å². The Morgan fingerprint density at radius 3 is 2.54 bits per heavy atom. The predicted molar refractivity (Wildman–Crippen MR) is 160 cm³/mol. The van der Waals surface area contributed by atoms with E-state index in [2.05, 4.69) is 10.2 Å². The molecule has 1 fully saturated rings. The molecular weight excluding hydrogens is 561 g/mol. The average molecular weight is 592 g/mol. The van der Waals surface area contributed by atoms with Gasteiger partial charge in [0, 0.05) is 54.0 Å². The molecule has 0 aliphatic carbocycles. The number of halogens is 2. The summed E-state index contributed by atoms with van der Waals surface area (Å²) < 4.78 is 15.6. The molecule has 212 valence electrons. The maximum atomic E-state index is 13.6. The molecule has 10 heteroatoms. The van der Waals surface area contributed by atoms with Crippen LogP contribution in [0, 0.1) is 12.7 Å². The van der Waals surface area contributed by atoms with Crippen molar-refractivity contribution in [3.63, 3.8) is 0 Å². The highest BCUT2D eigenvalue weighted by molar-refractivity contribution is 7.99. The number of hydrogen-bond acceptors (Lipinski definition) is 5. The topological polar surface area (TPSA) is 71.3 Å². The number of aryl methyl sites for hydroxylation is 1. The minimum atomic E-state index is -0.438. The molecule has 1 atom stereocenters. The first-order valence-electron chi connectivity index (χ1n) is 13.6. The van der Waals surface area contributed by atoms with Gasteiger partial charge in [-0.15, -0.1) is 10.2 Å². The van der Waals surface area contributed by atoms with E-state index in [9.17, 15) is 14.0 Å². The molecule has 1 aromatic heterocycles. The molecule has 0 spiro atoms. The van der Waals surface area contributed by atoms with Gasteiger partial charge >= 0.3 is 0 Å². The van der Waals surface area contributed by atoms with Crippen molar-refractivity contribution in [2.45, 2.75) is 37.9 Å². The van der Waals surface area contributed by atoms with Crippen molar-refractivity contribution in [2.24, 2.45) is 0 Å². The lowest BCUT2D eigenvalue weighted by Crippen LogP contribution is -2.55. The molecule has 1 unspecified atom stereocenters. The van der Waals surface area contributed by atoms with Gasteiger partial charge in [-0.3, -0.25) is 14.2 Å². The Bertz CT molecular complexity index is 1540. The molecule has 0 radical (unpaired) electrons. The number of carbonyl (C=O) groups excluding carboxylic acids is 2. The van der Waals surface area contributed by atoms with Gasteiger partial charge in [-0.05, 0) is 56.7 Å². The van der Waals surface area contributed by atoms with E-state index < -0.39 is 5.82 Å². The normalized spacial score (nSPS) is 15.3. The number of rotatable bonds is 8. The maximum absolute atomic E-state index is 13.6. The van der Waals surface area contributed by atoms with Crippen LogP contribution in [0.25, 0.3) is 17.1 Å². The third-order valence-corrected chi connectivity index (χ3v) is 8.34. The fourth-order valence-electron chi connectivity index (χ4n) is 4.92. The first kappa shape index (κ1) is 28.8. The van der Waals surface area contributed by atoms with E-state index >= 15 is 0 Å². The Morgan fingerprint density at radius 1 is 1.02 bits per heavy atom. The van der Waals surface area contributed by atoms with E-state index in [0.717, 1.165) is 27.8 Å². The Hall–Kier alpha value is -3.69. The fraction of sp³-hybridized carbons (Fsp3) is 0.290. The quantitative estimate of drug-likeness (QED) is 0.178. The monoisotopic (exact) mass is 591 g/mol. The Balaban J connectivity index is 1.19. The highest BCUT2D eigenvalue weighted by Gasteiger charge is 2.30. The second-order valence-corrected chi connectivity index (χ2v) is 11.6. The summed E-state index contributed by atoms with van der Waals surface area (Å²) in [7, 11) is 0. The molecule has 1 aliphatic rings. The largest absolute Gasteiger partial charge is 0.339 e. The molecule has 7 nitrogen and oxygen atoms in total. The molecule has 1 aliphatic heterocycles. The van der Waals surface area contributed by atoms with Crippen molar-refractivity contribution in [1.29, 1.82) is 0 Å². The zero-order valence-electron chi connectivity index (χ0n) is 23.0.